The Hall–Kier alpha value is -3.09. The summed E-state index contributed by atoms with van der Waals surface area (Å²) in [6, 6.07) is 3.40. The number of pyridine rings is 3. The van der Waals surface area contributed by atoms with Crippen LogP contribution in [0.1, 0.15) is 11.3 Å². The highest BCUT2D eigenvalue weighted by molar-refractivity contribution is 5.91. The lowest BCUT2D eigenvalue weighted by Crippen LogP contribution is -2.08. The zero-order chi connectivity index (χ0) is 16.6. The van der Waals surface area contributed by atoms with Crippen LogP contribution in [0.3, 0.4) is 0 Å². The molecule has 23 heavy (non-hydrogen) atoms. The van der Waals surface area contributed by atoms with E-state index < -0.39 is 6.09 Å². The summed E-state index contributed by atoms with van der Waals surface area (Å²) >= 11 is 0. The molecular formula is C16H13FN4O2. The average molecular weight is 312 g/mol. The topological polar surface area (TPSA) is 88.0 Å². The zero-order valence-corrected chi connectivity index (χ0v) is 12.5. The van der Waals surface area contributed by atoms with Crippen molar-refractivity contribution in [3.63, 3.8) is 0 Å². The number of fused-ring (bicyclic) bond motifs is 1. The Morgan fingerprint density at radius 3 is 2.74 bits per heavy atom. The van der Waals surface area contributed by atoms with Crippen LogP contribution in [0.5, 0.6) is 0 Å². The number of hydrogen-bond donors (Lipinski definition) is 2. The molecule has 116 valence electrons. The molecule has 6 nitrogen and oxygen atoms in total. The predicted octanol–water partition coefficient (Wildman–Crippen LogP) is 3.54. The van der Waals surface area contributed by atoms with Crippen LogP contribution in [-0.2, 0) is 0 Å². The molecule has 0 atom stereocenters. The van der Waals surface area contributed by atoms with Crippen molar-refractivity contribution in [2.45, 2.75) is 13.8 Å². The van der Waals surface area contributed by atoms with Crippen LogP contribution in [0.25, 0.3) is 22.0 Å². The number of halogens is 1. The van der Waals surface area contributed by atoms with Crippen LogP contribution in [0.4, 0.5) is 15.0 Å². The van der Waals surface area contributed by atoms with Gasteiger partial charge in [-0.1, -0.05) is 0 Å². The number of nitrogens with zero attached hydrogens (tertiary/aromatic N) is 3. The molecule has 7 heteroatoms. The highest BCUT2D eigenvalue weighted by Gasteiger charge is 2.11. The zero-order valence-electron chi connectivity index (χ0n) is 12.5. The van der Waals surface area contributed by atoms with Crippen LogP contribution < -0.4 is 5.32 Å². The van der Waals surface area contributed by atoms with E-state index in [1.54, 1.807) is 38.4 Å². The molecule has 0 aromatic carbocycles. The van der Waals surface area contributed by atoms with E-state index in [4.69, 9.17) is 5.11 Å². The van der Waals surface area contributed by atoms with Gasteiger partial charge in [-0.25, -0.2) is 14.2 Å². The van der Waals surface area contributed by atoms with Crippen molar-refractivity contribution < 1.29 is 14.3 Å². The normalized spacial score (nSPS) is 10.7. The van der Waals surface area contributed by atoms with Gasteiger partial charge in [-0.2, -0.15) is 0 Å². The molecular weight excluding hydrogens is 299 g/mol. The smallest absolute Gasteiger partial charge is 0.410 e. The first-order chi connectivity index (χ1) is 11.0. The molecule has 0 aliphatic carbocycles. The monoisotopic (exact) mass is 312 g/mol. The molecule has 3 rings (SSSR count). The van der Waals surface area contributed by atoms with Crippen molar-refractivity contribution in [3.8, 4) is 11.3 Å². The molecule has 2 N–H and O–H groups in total. The Morgan fingerprint density at radius 2 is 2.00 bits per heavy atom. The van der Waals surface area contributed by atoms with E-state index in [2.05, 4.69) is 20.3 Å². The van der Waals surface area contributed by atoms with Crippen molar-refractivity contribution in [2.24, 2.45) is 0 Å². The van der Waals surface area contributed by atoms with Gasteiger partial charge in [0.15, 0.2) is 0 Å². The number of amides is 1. The molecule has 0 saturated carbocycles. The van der Waals surface area contributed by atoms with E-state index in [-0.39, 0.29) is 11.6 Å². The summed E-state index contributed by atoms with van der Waals surface area (Å²) in [5.41, 5.74) is 2.38. The SMILES string of the molecule is Cc1c(F)cncc1-c1cc2cnc(NC(=O)O)cc2c(C)n1. The van der Waals surface area contributed by atoms with E-state index >= 15 is 0 Å². The van der Waals surface area contributed by atoms with Gasteiger partial charge in [0.05, 0.1) is 11.9 Å². The first kappa shape index (κ1) is 14.8. The first-order valence-corrected chi connectivity index (χ1v) is 6.83. The fourth-order valence-electron chi connectivity index (χ4n) is 2.39. The van der Waals surface area contributed by atoms with E-state index in [1.165, 1.54) is 0 Å². The Bertz CT molecular complexity index is 927. The Balaban J connectivity index is 2.15. The number of carbonyl (C=O) groups is 1. The minimum atomic E-state index is -1.18. The fraction of sp³-hybridized carbons (Fsp3) is 0.125. The van der Waals surface area contributed by atoms with Gasteiger partial charge in [0.2, 0.25) is 0 Å². The summed E-state index contributed by atoms with van der Waals surface area (Å²) in [6.07, 6.45) is 3.11. The first-order valence-electron chi connectivity index (χ1n) is 6.83. The van der Waals surface area contributed by atoms with Crippen molar-refractivity contribution >= 4 is 22.7 Å². The predicted molar refractivity (Wildman–Crippen MR) is 83.8 cm³/mol. The summed E-state index contributed by atoms with van der Waals surface area (Å²) in [5, 5.41) is 12.5. The van der Waals surface area contributed by atoms with Gasteiger partial charge >= 0.3 is 6.09 Å². The minimum Gasteiger partial charge on any atom is -0.465 e. The maximum Gasteiger partial charge on any atom is 0.410 e. The molecule has 0 aliphatic heterocycles. The van der Waals surface area contributed by atoms with E-state index in [0.717, 1.165) is 17.0 Å². The van der Waals surface area contributed by atoms with Crippen LogP contribution in [0, 0.1) is 19.7 Å². The number of anilines is 1. The summed E-state index contributed by atoms with van der Waals surface area (Å²) in [5.74, 6) is -0.160. The van der Waals surface area contributed by atoms with Gasteiger partial charge < -0.3 is 5.11 Å². The second-order valence-corrected chi connectivity index (χ2v) is 5.11. The van der Waals surface area contributed by atoms with Crippen molar-refractivity contribution in [3.05, 3.63) is 47.8 Å². The van der Waals surface area contributed by atoms with Gasteiger partial charge in [0.1, 0.15) is 11.6 Å². The third-order valence-electron chi connectivity index (χ3n) is 3.57. The van der Waals surface area contributed by atoms with E-state index in [9.17, 15) is 9.18 Å². The van der Waals surface area contributed by atoms with Crippen LogP contribution in [0.2, 0.25) is 0 Å². The highest BCUT2D eigenvalue weighted by atomic mass is 19.1. The van der Waals surface area contributed by atoms with Gasteiger partial charge in [-0.3, -0.25) is 15.3 Å². The summed E-state index contributed by atoms with van der Waals surface area (Å²) < 4.78 is 13.7. The molecule has 3 aromatic rings. The fourth-order valence-corrected chi connectivity index (χ4v) is 2.39. The summed E-state index contributed by atoms with van der Waals surface area (Å²) in [6.45, 7) is 3.48. The average Bonchev–Trinajstić information content (AvgIpc) is 2.50. The van der Waals surface area contributed by atoms with E-state index in [1.807, 2.05) is 0 Å². The number of aryl methyl sites for hydroxylation is 1. The number of nitrogens with one attached hydrogen (secondary N) is 1. The molecule has 0 unspecified atom stereocenters. The molecule has 0 saturated heterocycles. The minimum absolute atomic E-state index is 0.228. The van der Waals surface area contributed by atoms with Gasteiger partial charge in [-0.15, -0.1) is 0 Å². The number of rotatable bonds is 2. The standard InChI is InChI=1S/C16H13FN4O2/c1-8-12(6-18-7-13(8)17)14-3-10-5-19-15(21-16(22)23)4-11(10)9(2)20-14/h3-7H,1-2H3,(H,19,21)(H,22,23). The van der Waals surface area contributed by atoms with Crippen LogP contribution >= 0.6 is 0 Å². The molecule has 1 amide bonds. The lowest BCUT2D eigenvalue weighted by atomic mass is 10.0. The van der Waals surface area contributed by atoms with Gasteiger partial charge in [0.25, 0.3) is 0 Å². The third kappa shape index (κ3) is 2.80. The molecule has 0 fully saturated rings. The maximum absolute atomic E-state index is 13.7. The Kier molecular flexibility index (Phi) is 3.61. The summed E-state index contributed by atoms with van der Waals surface area (Å²) in [4.78, 5) is 23.1. The summed E-state index contributed by atoms with van der Waals surface area (Å²) in [7, 11) is 0. The lowest BCUT2D eigenvalue weighted by Gasteiger charge is -2.10. The quantitative estimate of drug-likeness (QED) is 0.755. The van der Waals surface area contributed by atoms with Crippen molar-refractivity contribution in [2.75, 3.05) is 5.32 Å². The highest BCUT2D eigenvalue weighted by Crippen LogP contribution is 2.28. The second kappa shape index (κ2) is 5.60. The number of hydrogen-bond acceptors (Lipinski definition) is 4. The largest absolute Gasteiger partial charge is 0.465 e. The maximum atomic E-state index is 13.7. The van der Waals surface area contributed by atoms with Crippen LogP contribution in [0.15, 0.2) is 30.7 Å². The molecule has 3 heterocycles. The number of aromatic nitrogens is 3. The van der Waals surface area contributed by atoms with E-state index in [0.29, 0.717) is 22.5 Å². The molecule has 0 radical (unpaired) electrons. The molecule has 0 bridgehead atoms. The lowest BCUT2D eigenvalue weighted by molar-refractivity contribution is 0.209. The molecule has 3 aromatic heterocycles. The molecule has 0 aliphatic rings. The van der Waals surface area contributed by atoms with Gasteiger partial charge in [-0.05, 0) is 31.5 Å². The van der Waals surface area contributed by atoms with Crippen molar-refractivity contribution in [1.29, 1.82) is 0 Å². The number of carboxylic acid groups (broad SMARTS) is 1. The van der Waals surface area contributed by atoms with Crippen LogP contribution in [-0.4, -0.2) is 26.2 Å². The Morgan fingerprint density at radius 1 is 1.22 bits per heavy atom. The second-order valence-electron chi connectivity index (χ2n) is 5.11. The van der Waals surface area contributed by atoms with Gasteiger partial charge in [0, 0.05) is 34.4 Å². The third-order valence-corrected chi connectivity index (χ3v) is 3.57. The Labute approximate surface area is 131 Å². The molecule has 0 spiro atoms. The van der Waals surface area contributed by atoms with Crippen molar-refractivity contribution in [1.82, 2.24) is 15.0 Å².